The number of hydrogen-bond acceptors (Lipinski definition) is 7. The van der Waals surface area contributed by atoms with Crippen molar-refractivity contribution in [1.82, 2.24) is 10.0 Å². The van der Waals surface area contributed by atoms with Crippen molar-refractivity contribution in [2.45, 2.75) is 89.7 Å². The third kappa shape index (κ3) is 6.87. The van der Waals surface area contributed by atoms with E-state index in [0.717, 1.165) is 6.26 Å². The molecule has 0 aromatic heterocycles. The SMILES string of the molecule is CCC(CC)C(=O)N1C(=O)[C@]2(c3ccc(Br)cc31)[C@@H](c1cc(Cl)ccc1OC(CC)(CC)C(=O)NS(C)(=O)=O)CC(=O)N[C@H]2c1cc(F)ccc1C. The van der Waals surface area contributed by atoms with Crippen molar-refractivity contribution in [1.29, 1.82) is 0 Å². The number of sulfonamides is 1. The van der Waals surface area contributed by atoms with E-state index in [0.29, 0.717) is 39.7 Å². The van der Waals surface area contributed by atoms with Crippen LogP contribution in [0.1, 0.15) is 94.0 Å². The van der Waals surface area contributed by atoms with Gasteiger partial charge in [0.15, 0.2) is 5.60 Å². The highest BCUT2D eigenvalue weighted by Gasteiger charge is 2.65. The zero-order valence-electron chi connectivity index (χ0n) is 29.8. The Bertz CT molecular complexity index is 2050. The van der Waals surface area contributed by atoms with Crippen molar-refractivity contribution >= 4 is 66.9 Å². The van der Waals surface area contributed by atoms with Crippen LogP contribution in [0.5, 0.6) is 5.75 Å². The Morgan fingerprint density at radius 1 is 1.06 bits per heavy atom. The Labute approximate surface area is 317 Å². The number of aryl methyl sites for hydroxylation is 1. The summed E-state index contributed by atoms with van der Waals surface area (Å²) in [6, 6.07) is 12.7. The van der Waals surface area contributed by atoms with Crippen molar-refractivity contribution in [3.63, 3.8) is 0 Å². The molecule has 2 aliphatic rings. The van der Waals surface area contributed by atoms with E-state index < -0.39 is 68.4 Å². The minimum Gasteiger partial charge on any atom is -0.477 e. The molecule has 2 aliphatic heterocycles. The molecular weight excluding hydrogens is 777 g/mol. The molecule has 0 bridgehead atoms. The van der Waals surface area contributed by atoms with Crippen LogP contribution in [0.25, 0.3) is 0 Å². The van der Waals surface area contributed by atoms with Crippen LogP contribution in [0.15, 0.2) is 59.1 Å². The Balaban J connectivity index is 1.86. The monoisotopic (exact) mass is 817 g/mol. The summed E-state index contributed by atoms with van der Waals surface area (Å²) in [6.07, 6.45) is 1.64. The standard InChI is InChI=1S/C38H42BrClFN3O7S/c1-7-22(8-2)34(46)44-30-17-23(39)12-15-28(30)38(36(44)48)29(20-32(45)42-33(38)26-19-25(41)14-11-21(26)5)27-18-24(40)13-16-31(27)51-37(9-3,10-4)35(47)43-52(6,49)50/h11-19,22,29,33H,7-10,20H2,1-6H3,(H,42,45)(H,43,47)/t29-,33+,38-/m1/s1. The predicted molar refractivity (Wildman–Crippen MR) is 200 cm³/mol. The van der Waals surface area contributed by atoms with Gasteiger partial charge in [0, 0.05) is 33.3 Å². The van der Waals surface area contributed by atoms with Crippen LogP contribution >= 0.6 is 27.5 Å². The fourth-order valence-corrected chi connectivity index (χ4v) is 8.76. The van der Waals surface area contributed by atoms with Crippen LogP contribution in [0.3, 0.4) is 0 Å². The first-order valence-electron chi connectivity index (χ1n) is 17.2. The lowest BCUT2D eigenvalue weighted by Crippen LogP contribution is -2.59. The van der Waals surface area contributed by atoms with Crippen LogP contribution in [-0.4, -0.2) is 43.9 Å². The van der Waals surface area contributed by atoms with Crippen molar-refractivity contribution < 1.29 is 36.7 Å². The normalized spacial score (nSPS) is 20.2. The number of anilines is 1. The second kappa shape index (κ2) is 14.9. The quantitative estimate of drug-likeness (QED) is 0.210. The number of carbonyl (C=O) groups is 4. The lowest BCUT2D eigenvalue weighted by molar-refractivity contribution is -0.137. The lowest BCUT2D eigenvalue weighted by Gasteiger charge is -2.47. The lowest BCUT2D eigenvalue weighted by atomic mass is 9.58. The minimum atomic E-state index is -3.97. The molecule has 1 spiro atoms. The van der Waals surface area contributed by atoms with E-state index in [4.69, 9.17) is 16.3 Å². The highest BCUT2D eigenvalue weighted by atomic mass is 79.9. The first-order chi connectivity index (χ1) is 24.5. The topological polar surface area (TPSA) is 139 Å². The summed E-state index contributed by atoms with van der Waals surface area (Å²) in [6.45, 7) is 8.84. The first kappa shape index (κ1) is 39.4. The predicted octanol–water partition coefficient (Wildman–Crippen LogP) is 7.16. The molecule has 10 nitrogen and oxygen atoms in total. The van der Waals surface area contributed by atoms with Crippen molar-refractivity contribution in [3.8, 4) is 5.75 Å². The van der Waals surface area contributed by atoms with Gasteiger partial charge < -0.3 is 10.1 Å². The van der Waals surface area contributed by atoms with Gasteiger partial charge in [0.25, 0.3) is 5.91 Å². The van der Waals surface area contributed by atoms with Gasteiger partial charge in [-0.15, -0.1) is 0 Å². The van der Waals surface area contributed by atoms with Crippen LogP contribution in [0, 0.1) is 18.7 Å². The minimum absolute atomic E-state index is 0.0574. The maximum absolute atomic E-state index is 15.6. The van der Waals surface area contributed by atoms with E-state index in [9.17, 15) is 22.8 Å². The van der Waals surface area contributed by atoms with E-state index in [-0.39, 0.29) is 35.6 Å². The van der Waals surface area contributed by atoms with Crippen LogP contribution in [-0.2, 0) is 34.6 Å². The molecule has 1 fully saturated rings. The van der Waals surface area contributed by atoms with Crippen LogP contribution in [0.4, 0.5) is 10.1 Å². The zero-order chi connectivity index (χ0) is 38.3. The second-order valence-corrected chi connectivity index (χ2v) is 16.6. The number of hydrogen-bond donors (Lipinski definition) is 2. The van der Waals surface area contributed by atoms with Crippen molar-refractivity contribution in [3.05, 3.63) is 92.2 Å². The molecular formula is C38H42BrClFN3O7S. The fraction of sp³-hybridized carbons (Fsp3) is 0.421. The number of nitrogens with zero attached hydrogens (tertiary/aromatic N) is 1. The number of fused-ring (bicyclic) bond motifs is 2. The molecule has 3 aromatic carbocycles. The smallest absolute Gasteiger partial charge is 0.277 e. The molecule has 4 amide bonds. The number of rotatable bonds is 11. The van der Waals surface area contributed by atoms with Gasteiger partial charge in [-0.25, -0.2) is 22.4 Å². The highest BCUT2D eigenvalue weighted by Crippen LogP contribution is 2.61. The molecule has 0 saturated carbocycles. The Morgan fingerprint density at radius 2 is 1.73 bits per heavy atom. The van der Waals surface area contributed by atoms with Gasteiger partial charge in [0.1, 0.15) is 17.0 Å². The van der Waals surface area contributed by atoms with E-state index in [1.807, 2.05) is 18.6 Å². The summed E-state index contributed by atoms with van der Waals surface area (Å²) in [5.74, 6) is -4.46. The summed E-state index contributed by atoms with van der Waals surface area (Å²) in [5.41, 5.74) is -1.48. The first-order valence-corrected chi connectivity index (χ1v) is 20.3. The van der Waals surface area contributed by atoms with Gasteiger partial charge in [-0.2, -0.15) is 0 Å². The molecule has 5 rings (SSSR count). The third-order valence-corrected chi connectivity index (χ3v) is 11.8. The Hall–Kier alpha value is -3.81. The average Bonchev–Trinajstić information content (AvgIpc) is 3.33. The second-order valence-electron chi connectivity index (χ2n) is 13.5. The fourth-order valence-electron chi connectivity index (χ4n) is 7.70. The largest absolute Gasteiger partial charge is 0.477 e. The van der Waals surface area contributed by atoms with Gasteiger partial charge in [-0.05, 0) is 91.8 Å². The summed E-state index contributed by atoms with van der Waals surface area (Å²) in [7, 11) is -3.97. The van der Waals surface area contributed by atoms with Gasteiger partial charge in [0.05, 0.1) is 18.0 Å². The molecule has 278 valence electrons. The summed E-state index contributed by atoms with van der Waals surface area (Å²) < 4.78 is 48.6. The van der Waals surface area contributed by atoms with Crippen molar-refractivity contribution in [2.24, 2.45) is 5.92 Å². The number of nitrogens with one attached hydrogen (secondary N) is 2. The van der Waals surface area contributed by atoms with E-state index in [1.165, 1.54) is 29.2 Å². The number of piperidine rings is 1. The molecule has 52 heavy (non-hydrogen) atoms. The summed E-state index contributed by atoms with van der Waals surface area (Å²) >= 11 is 10.2. The number of carbonyl (C=O) groups excluding carboxylic acids is 4. The Morgan fingerprint density at radius 3 is 2.35 bits per heavy atom. The molecule has 0 unspecified atom stereocenters. The Kier molecular flexibility index (Phi) is 11.3. The molecule has 2 N–H and O–H groups in total. The molecule has 2 heterocycles. The number of ether oxygens (including phenoxy) is 1. The van der Waals surface area contributed by atoms with E-state index in [2.05, 4.69) is 21.2 Å². The van der Waals surface area contributed by atoms with Crippen LogP contribution in [0.2, 0.25) is 5.02 Å². The molecule has 0 aliphatic carbocycles. The molecule has 3 atom stereocenters. The highest BCUT2D eigenvalue weighted by molar-refractivity contribution is 9.10. The van der Waals surface area contributed by atoms with Crippen molar-refractivity contribution in [2.75, 3.05) is 11.2 Å². The van der Waals surface area contributed by atoms with Gasteiger partial charge in [0.2, 0.25) is 27.7 Å². The molecule has 1 saturated heterocycles. The van der Waals surface area contributed by atoms with Gasteiger partial charge in [-0.1, -0.05) is 67.4 Å². The maximum atomic E-state index is 15.6. The molecule has 0 radical (unpaired) electrons. The number of halogens is 3. The number of imide groups is 1. The van der Waals surface area contributed by atoms with E-state index in [1.54, 1.807) is 51.1 Å². The third-order valence-electron chi connectivity index (χ3n) is 10.5. The number of benzene rings is 3. The summed E-state index contributed by atoms with van der Waals surface area (Å²) in [5, 5.41) is 3.23. The molecule has 14 heteroatoms. The number of amides is 4. The van der Waals surface area contributed by atoms with Gasteiger partial charge in [-0.3, -0.25) is 19.2 Å². The zero-order valence-corrected chi connectivity index (χ0v) is 33.0. The van der Waals surface area contributed by atoms with Gasteiger partial charge >= 0.3 is 0 Å². The maximum Gasteiger partial charge on any atom is 0.277 e. The average molecular weight is 819 g/mol. The summed E-state index contributed by atoms with van der Waals surface area (Å²) in [4.78, 5) is 58.6. The molecule has 3 aromatic rings. The van der Waals surface area contributed by atoms with E-state index >= 15 is 9.18 Å². The van der Waals surface area contributed by atoms with Crippen LogP contribution < -0.4 is 19.7 Å².